The van der Waals surface area contributed by atoms with Crippen LogP contribution in [0, 0.1) is 0 Å². The van der Waals surface area contributed by atoms with Crippen LogP contribution in [0.5, 0.6) is 0 Å². The predicted molar refractivity (Wildman–Crippen MR) is 42.6 cm³/mol. The summed E-state index contributed by atoms with van der Waals surface area (Å²) in [4.78, 5) is 33.3. The standard InChI is InChI=1S/C5H2N4O2S/c10-3-1-2(7-4(11)9-3)8-5(12)6-1/h(H2,7,8,9,10,11,12). The van der Waals surface area contributed by atoms with Gasteiger partial charge in [-0.3, -0.25) is 14.8 Å². The molecule has 0 fully saturated rings. The molecule has 7 heteroatoms. The van der Waals surface area contributed by atoms with Gasteiger partial charge in [0.05, 0.1) is 0 Å². The lowest BCUT2D eigenvalue weighted by molar-refractivity contribution is 0.953. The summed E-state index contributed by atoms with van der Waals surface area (Å²) in [6.07, 6.45) is 0. The third kappa shape index (κ3) is 0.909. The molecule has 0 saturated carbocycles. The van der Waals surface area contributed by atoms with E-state index in [1.54, 1.807) is 0 Å². The lowest BCUT2D eigenvalue weighted by atomic mass is 10.6. The number of rotatable bonds is 0. The number of aromatic nitrogens is 2. The summed E-state index contributed by atoms with van der Waals surface area (Å²) in [7, 11) is 0. The van der Waals surface area contributed by atoms with Gasteiger partial charge in [0, 0.05) is 0 Å². The molecule has 60 valence electrons. The van der Waals surface area contributed by atoms with Crippen LogP contribution in [0.25, 0.3) is 0 Å². The van der Waals surface area contributed by atoms with E-state index >= 15 is 0 Å². The molecule has 1 aliphatic heterocycles. The van der Waals surface area contributed by atoms with Gasteiger partial charge in [-0.15, -0.1) is 0 Å². The molecule has 0 bridgehead atoms. The van der Waals surface area contributed by atoms with E-state index in [2.05, 4.69) is 27.2 Å². The normalized spacial score (nSPS) is 13.5. The molecule has 0 amide bonds. The molecule has 6 nitrogen and oxygen atoms in total. The van der Waals surface area contributed by atoms with Gasteiger partial charge in [-0.05, 0) is 12.2 Å². The number of thiocarbonyl (C=S) groups is 1. The first-order valence-electron chi connectivity index (χ1n) is 3.01. The Morgan fingerprint density at radius 1 is 1.17 bits per heavy atom. The molecule has 0 unspecified atom stereocenters. The van der Waals surface area contributed by atoms with Crippen molar-refractivity contribution >= 4 is 17.3 Å². The highest BCUT2D eigenvalue weighted by atomic mass is 32.1. The Morgan fingerprint density at radius 2 is 1.92 bits per heavy atom. The molecule has 0 aromatic carbocycles. The Kier molecular flexibility index (Phi) is 1.28. The molecule has 0 saturated heterocycles. The van der Waals surface area contributed by atoms with Crippen LogP contribution in [-0.4, -0.2) is 15.1 Å². The Labute approximate surface area is 69.7 Å². The second-order valence-corrected chi connectivity index (χ2v) is 2.48. The van der Waals surface area contributed by atoms with E-state index in [0.29, 0.717) is 0 Å². The van der Waals surface area contributed by atoms with Gasteiger partial charge in [0.15, 0.2) is 10.8 Å². The van der Waals surface area contributed by atoms with Crippen LogP contribution in [0.15, 0.2) is 19.6 Å². The van der Waals surface area contributed by atoms with Crippen LogP contribution in [0.3, 0.4) is 0 Å². The van der Waals surface area contributed by atoms with Gasteiger partial charge >= 0.3 is 5.69 Å². The minimum atomic E-state index is -0.609. The number of H-pyrrole nitrogens is 2. The van der Waals surface area contributed by atoms with Crippen molar-refractivity contribution in [2.24, 2.45) is 9.98 Å². The zero-order valence-corrected chi connectivity index (χ0v) is 6.44. The summed E-state index contributed by atoms with van der Waals surface area (Å²) in [5, 5.41) is 0.122. The van der Waals surface area contributed by atoms with Crippen molar-refractivity contribution in [3.63, 3.8) is 0 Å². The van der Waals surface area contributed by atoms with Crippen LogP contribution in [0.1, 0.15) is 0 Å². The molecular weight excluding hydrogens is 180 g/mol. The van der Waals surface area contributed by atoms with E-state index in [9.17, 15) is 9.59 Å². The van der Waals surface area contributed by atoms with Gasteiger partial charge in [-0.2, -0.15) is 4.99 Å². The second-order valence-electron chi connectivity index (χ2n) is 2.11. The third-order valence-corrected chi connectivity index (χ3v) is 1.50. The van der Waals surface area contributed by atoms with Gasteiger partial charge in [-0.25, -0.2) is 9.79 Å². The number of fused-ring (bicyclic) bond motifs is 1. The van der Waals surface area contributed by atoms with Gasteiger partial charge in [-0.1, -0.05) is 0 Å². The molecule has 1 aromatic rings. The number of nitrogens with zero attached hydrogens (tertiary/aromatic N) is 2. The number of hydrogen-bond donors (Lipinski definition) is 2. The van der Waals surface area contributed by atoms with Crippen LogP contribution < -0.4 is 22.1 Å². The van der Waals surface area contributed by atoms with Gasteiger partial charge < -0.3 is 0 Å². The van der Waals surface area contributed by atoms with Crippen molar-refractivity contribution in [1.82, 2.24) is 9.97 Å². The Balaban J connectivity index is 3.15. The summed E-state index contributed by atoms with van der Waals surface area (Å²) in [6.45, 7) is 0. The van der Waals surface area contributed by atoms with Crippen LogP contribution in [-0.2, 0) is 0 Å². The second kappa shape index (κ2) is 2.18. The maximum absolute atomic E-state index is 11.0. The molecule has 0 atom stereocenters. The predicted octanol–water partition coefficient (Wildman–Crippen LogP) is -2.40. The molecule has 1 aromatic heterocycles. The van der Waals surface area contributed by atoms with Crippen molar-refractivity contribution < 1.29 is 0 Å². The lowest BCUT2D eigenvalue weighted by Crippen LogP contribution is -2.46. The minimum Gasteiger partial charge on any atom is -0.290 e. The van der Waals surface area contributed by atoms with Crippen molar-refractivity contribution in [1.29, 1.82) is 0 Å². The van der Waals surface area contributed by atoms with E-state index in [4.69, 9.17) is 0 Å². The molecule has 12 heavy (non-hydrogen) atoms. The molecule has 0 spiro atoms. The summed E-state index contributed by atoms with van der Waals surface area (Å²) in [5.41, 5.74) is -1.05. The van der Waals surface area contributed by atoms with E-state index in [1.165, 1.54) is 0 Å². The molecule has 2 heterocycles. The zero-order valence-electron chi connectivity index (χ0n) is 5.62. The largest absolute Gasteiger partial charge is 0.327 e. The summed E-state index contributed by atoms with van der Waals surface area (Å²) >= 11 is 4.62. The highest BCUT2D eigenvalue weighted by molar-refractivity contribution is 7.80. The van der Waals surface area contributed by atoms with Gasteiger partial charge in [0.2, 0.25) is 5.11 Å². The highest BCUT2D eigenvalue weighted by Crippen LogP contribution is 1.78. The van der Waals surface area contributed by atoms with E-state index in [1.807, 2.05) is 4.98 Å². The average Bonchev–Trinajstić information content (AvgIpc) is 2.29. The topological polar surface area (TPSA) is 90.4 Å². The van der Waals surface area contributed by atoms with Crippen molar-refractivity contribution in [2.75, 3.05) is 0 Å². The molecule has 2 N–H and O–H groups in total. The third-order valence-electron chi connectivity index (χ3n) is 1.31. The summed E-state index contributed by atoms with van der Waals surface area (Å²) in [5.74, 6) is 0. The first-order valence-corrected chi connectivity index (χ1v) is 3.42. The van der Waals surface area contributed by atoms with Crippen molar-refractivity contribution in [2.45, 2.75) is 0 Å². The first kappa shape index (κ1) is 7.04. The minimum absolute atomic E-state index is 0.0531. The van der Waals surface area contributed by atoms with Crippen LogP contribution >= 0.6 is 12.2 Å². The van der Waals surface area contributed by atoms with Gasteiger partial charge in [0.1, 0.15) is 0 Å². The summed E-state index contributed by atoms with van der Waals surface area (Å²) < 4.78 is 0. The van der Waals surface area contributed by atoms with Crippen molar-refractivity contribution in [3.05, 3.63) is 31.7 Å². The number of nitrogens with one attached hydrogen (secondary N) is 2. The molecule has 0 aliphatic carbocycles. The quantitative estimate of drug-likeness (QED) is 0.438. The Hall–Kier alpha value is -1.63. The maximum atomic E-state index is 11.0. The van der Waals surface area contributed by atoms with Gasteiger partial charge in [0.25, 0.3) is 5.56 Å². The first-order chi connectivity index (χ1) is 5.66. The Bertz CT molecular complexity index is 581. The Morgan fingerprint density at radius 3 is 2.67 bits per heavy atom. The van der Waals surface area contributed by atoms with Crippen LogP contribution in [0.2, 0.25) is 0 Å². The van der Waals surface area contributed by atoms with E-state index in [0.717, 1.165) is 0 Å². The van der Waals surface area contributed by atoms with Crippen molar-refractivity contribution in [3.8, 4) is 0 Å². The summed E-state index contributed by atoms with van der Waals surface area (Å²) in [6, 6.07) is 0. The number of aromatic amines is 2. The monoisotopic (exact) mass is 182 g/mol. The number of hydrogen-bond acceptors (Lipinski definition) is 3. The molecular formula is C5H2N4O2S. The lowest BCUT2D eigenvalue weighted by Gasteiger charge is -1.79. The van der Waals surface area contributed by atoms with E-state index in [-0.39, 0.29) is 16.0 Å². The maximum Gasteiger partial charge on any atom is 0.327 e. The fourth-order valence-corrected chi connectivity index (χ4v) is 1.05. The average molecular weight is 182 g/mol. The van der Waals surface area contributed by atoms with Crippen LogP contribution in [0.4, 0.5) is 0 Å². The van der Waals surface area contributed by atoms with E-state index < -0.39 is 11.2 Å². The fraction of sp³-hybridized carbons (Fsp3) is 0. The molecule has 2 rings (SSSR count). The SMILES string of the molecule is O=c1[nH]c(=O)c2c([nH]1)=NC(=S)N=2. The molecule has 1 aliphatic rings. The zero-order chi connectivity index (χ0) is 8.72. The smallest absolute Gasteiger partial charge is 0.290 e. The highest BCUT2D eigenvalue weighted by Gasteiger charge is 2.05. The molecule has 0 radical (unpaired) electrons. The fourth-order valence-electron chi connectivity index (χ4n) is 0.869.